The normalized spacial score (nSPS) is 28.0. The molecule has 0 unspecified atom stereocenters. The molecule has 1 radical (unpaired) electrons. The molecule has 1 aliphatic rings. The molecular weight excluding hydrogens is 144 g/mol. The van der Waals surface area contributed by atoms with Crippen molar-refractivity contribution in [1.82, 2.24) is 0 Å². The molecule has 0 N–H and O–H groups in total. The Morgan fingerprint density at radius 3 is 2.08 bits per heavy atom. The monoisotopic (exact) mass is 161 g/mol. The van der Waals surface area contributed by atoms with Gasteiger partial charge >= 0.3 is 0 Å². The first-order valence-corrected chi connectivity index (χ1v) is 4.80. The van der Waals surface area contributed by atoms with Gasteiger partial charge in [-0.05, 0) is 38.5 Å². The summed E-state index contributed by atoms with van der Waals surface area (Å²) < 4.78 is 0. The van der Waals surface area contributed by atoms with Gasteiger partial charge in [0.2, 0.25) is 0 Å². The van der Waals surface area contributed by atoms with Gasteiger partial charge in [0, 0.05) is 0 Å². The van der Waals surface area contributed by atoms with Crippen LogP contribution in [0.25, 0.3) is 0 Å². The standard InChI is InChI=1S/C12H17/c1-2-4-6-8-10-12-11-9-7-5-3-1/h1-4,9,11-12H,5-8,10H2/b3-1+,4-2-,11-9+. The maximum Gasteiger partial charge on any atom is -0.0170 e. The van der Waals surface area contributed by atoms with Gasteiger partial charge in [0.1, 0.15) is 0 Å². The molecule has 0 fully saturated rings. The average molecular weight is 161 g/mol. The Balaban J connectivity index is 2.31. The third-order valence-corrected chi connectivity index (χ3v) is 1.90. The van der Waals surface area contributed by atoms with Crippen LogP contribution in [0.5, 0.6) is 0 Å². The molecule has 0 aromatic heterocycles. The van der Waals surface area contributed by atoms with Crippen molar-refractivity contribution in [3.63, 3.8) is 0 Å². The van der Waals surface area contributed by atoms with E-state index in [1.54, 1.807) is 0 Å². The van der Waals surface area contributed by atoms with E-state index in [-0.39, 0.29) is 0 Å². The highest BCUT2D eigenvalue weighted by Gasteiger charge is 1.84. The molecule has 0 nitrogen and oxygen atoms in total. The van der Waals surface area contributed by atoms with Crippen LogP contribution >= 0.6 is 0 Å². The second-order valence-electron chi connectivity index (χ2n) is 3.03. The zero-order valence-corrected chi connectivity index (χ0v) is 7.58. The van der Waals surface area contributed by atoms with Gasteiger partial charge in [-0.1, -0.05) is 36.5 Å². The lowest BCUT2D eigenvalue weighted by Gasteiger charge is -1.93. The fraction of sp³-hybridized carbons (Fsp3) is 0.417. The van der Waals surface area contributed by atoms with E-state index in [1.807, 2.05) is 0 Å². The molecule has 0 spiro atoms. The third kappa shape index (κ3) is 4.95. The molecule has 0 heterocycles. The summed E-state index contributed by atoms with van der Waals surface area (Å²) in [4.78, 5) is 0. The second kappa shape index (κ2) is 6.90. The minimum absolute atomic E-state index is 1.16. The summed E-state index contributed by atoms with van der Waals surface area (Å²) in [6.07, 6.45) is 21.5. The van der Waals surface area contributed by atoms with E-state index in [0.29, 0.717) is 0 Å². The summed E-state index contributed by atoms with van der Waals surface area (Å²) in [6, 6.07) is 0. The van der Waals surface area contributed by atoms with Crippen LogP contribution in [0.15, 0.2) is 36.5 Å². The van der Waals surface area contributed by atoms with E-state index in [0.717, 1.165) is 6.42 Å². The van der Waals surface area contributed by atoms with E-state index in [4.69, 9.17) is 0 Å². The maximum absolute atomic E-state index is 2.26. The van der Waals surface area contributed by atoms with E-state index in [1.165, 1.54) is 25.7 Å². The minimum atomic E-state index is 1.16. The van der Waals surface area contributed by atoms with Crippen molar-refractivity contribution in [2.75, 3.05) is 0 Å². The molecule has 0 aromatic rings. The highest BCUT2D eigenvalue weighted by atomic mass is 13.9. The van der Waals surface area contributed by atoms with Crippen molar-refractivity contribution in [3.8, 4) is 0 Å². The molecular formula is C12H17. The summed E-state index contributed by atoms with van der Waals surface area (Å²) in [5.41, 5.74) is 0. The fourth-order valence-corrected chi connectivity index (χ4v) is 1.18. The summed E-state index contributed by atoms with van der Waals surface area (Å²) >= 11 is 0. The lowest BCUT2D eigenvalue weighted by molar-refractivity contribution is 0.841. The summed E-state index contributed by atoms with van der Waals surface area (Å²) in [5, 5.41) is 0. The SMILES string of the molecule is [CH]1/C=C/CC/C=C/C=C\CCC1. The zero-order valence-electron chi connectivity index (χ0n) is 7.58. The number of hydrogen-bond donors (Lipinski definition) is 0. The fourth-order valence-electron chi connectivity index (χ4n) is 1.18. The smallest absolute Gasteiger partial charge is 0.0170 e. The highest BCUT2D eigenvalue weighted by Crippen LogP contribution is 2.03. The lowest BCUT2D eigenvalue weighted by atomic mass is 10.1. The Hall–Kier alpha value is -0.780. The van der Waals surface area contributed by atoms with Crippen LogP contribution in [0.2, 0.25) is 0 Å². The number of rotatable bonds is 0. The third-order valence-electron chi connectivity index (χ3n) is 1.90. The molecule has 65 valence electrons. The first-order valence-electron chi connectivity index (χ1n) is 4.80. The second-order valence-corrected chi connectivity index (χ2v) is 3.03. The van der Waals surface area contributed by atoms with Crippen LogP contribution in [0, 0.1) is 6.42 Å². The highest BCUT2D eigenvalue weighted by molar-refractivity contribution is 5.04. The van der Waals surface area contributed by atoms with Crippen LogP contribution in [0.4, 0.5) is 0 Å². The zero-order chi connectivity index (χ0) is 8.49. The Labute approximate surface area is 75.7 Å². The van der Waals surface area contributed by atoms with Crippen molar-refractivity contribution < 1.29 is 0 Å². The Kier molecular flexibility index (Phi) is 5.35. The predicted octanol–water partition coefficient (Wildman–Crippen LogP) is 3.82. The molecule has 0 aromatic carbocycles. The average Bonchev–Trinajstić information content (AvgIpc) is 2.05. The van der Waals surface area contributed by atoms with Crippen molar-refractivity contribution in [2.24, 2.45) is 0 Å². The van der Waals surface area contributed by atoms with Crippen LogP contribution in [-0.4, -0.2) is 0 Å². The number of allylic oxidation sites excluding steroid dienone is 6. The molecule has 0 atom stereocenters. The first-order chi connectivity index (χ1) is 6.00. The Bertz CT molecular complexity index is 172. The Morgan fingerprint density at radius 1 is 0.583 bits per heavy atom. The van der Waals surface area contributed by atoms with Gasteiger partial charge in [0.05, 0.1) is 0 Å². The van der Waals surface area contributed by atoms with Crippen molar-refractivity contribution in [2.45, 2.75) is 32.1 Å². The van der Waals surface area contributed by atoms with Crippen molar-refractivity contribution in [3.05, 3.63) is 42.9 Å². The van der Waals surface area contributed by atoms with E-state index in [2.05, 4.69) is 42.9 Å². The lowest BCUT2D eigenvalue weighted by Crippen LogP contribution is -1.74. The van der Waals surface area contributed by atoms with Gasteiger partial charge in [-0.3, -0.25) is 0 Å². The van der Waals surface area contributed by atoms with Crippen molar-refractivity contribution >= 4 is 0 Å². The summed E-state index contributed by atoms with van der Waals surface area (Å²) in [5.74, 6) is 0. The first kappa shape index (κ1) is 9.31. The molecule has 0 heteroatoms. The molecule has 0 bridgehead atoms. The summed E-state index contributed by atoms with van der Waals surface area (Å²) in [7, 11) is 0. The molecule has 12 heavy (non-hydrogen) atoms. The minimum Gasteiger partial charge on any atom is -0.0879 e. The molecule has 0 saturated heterocycles. The maximum atomic E-state index is 2.26. The molecule has 1 aliphatic carbocycles. The van der Waals surface area contributed by atoms with E-state index in [9.17, 15) is 0 Å². The van der Waals surface area contributed by atoms with Gasteiger partial charge in [-0.2, -0.15) is 0 Å². The van der Waals surface area contributed by atoms with Gasteiger partial charge in [-0.25, -0.2) is 0 Å². The van der Waals surface area contributed by atoms with Crippen LogP contribution in [0.3, 0.4) is 0 Å². The number of hydrogen-bond acceptors (Lipinski definition) is 0. The molecule has 0 saturated carbocycles. The van der Waals surface area contributed by atoms with Gasteiger partial charge in [-0.15, -0.1) is 0 Å². The van der Waals surface area contributed by atoms with Crippen LogP contribution < -0.4 is 0 Å². The quantitative estimate of drug-likeness (QED) is 0.506. The van der Waals surface area contributed by atoms with Gasteiger partial charge in [0.25, 0.3) is 0 Å². The predicted molar refractivity (Wildman–Crippen MR) is 54.8 cm³/mol. The Morgan fingerprint density at radius 2 is 1.25 bits per heavy atom. The van der Waals surface area contributed by atoms with Gasteiger partial charge in [0.15, 0.2) is 0 Å². The van der Waals surface area contributed by atoms with Crippen LogP contribution in [0.1, 0.15) is 32.1 Å². The largest absolute Gasteiger partial charge is 0.0879 e. The van der Waals surface area contributed by atoms with E-state index >= 15 is 0 Å². The summed E-state index contributed by atoms with van der Waals surface area (Å²) in [6.45, 7) is 0. The van der Waals surface area contributed by atoms with Crippen LogP contribution in [-0.2, 0) is 0 Å². The van der Waals surface area contributed by atoms with Crippen molar-refractivity contribution in [1.29, 1.82) is 0 Å². The molecule has 0 amide bonds. The topological polar surface area (TPSA) is 0 Å². The molecule has 0 aliphatic heterocycles. The van der Waals surface area contributed by atoms with E-state index < -0.39 is 0 Å². The molecule has 1 rings (SSSR count). The van der Waals surface area contributed by atoms with Gasteiger partial charge < -0.3 is 0 Å².